The van der Waals surface area contributed by atoms with E-state index in [1.165, 1.54) is 7.11 Å². The molecule has 18 heavy (non-hydrogen) atoms. The Morgan fingerprint density at radius 1 is 1.56 bits per heavy atom. The standard InChI is InChI=1S/C13H18N2O3/c1-18-12(17)10-4-2-3-5-11(10)15-7-6-13(14,8-15)9-16/h2-5,16H,6-9,14H2,1H3. The number of anilines is 1. The van der Waals surface area contributed by atoms with Crippen molar-refractivity contribution in [2.45, 2.75) is 12.0 Å². The van der Waals surface area contributed by atoms with Crippen LogP contribution in [0.3, 0.4) is 0 Å². The Morgan fingerprint density at radius 3 is 2.89 bits per heavy atom. The molecule has 98 valence electrons. The third kappa shape index (κ3) is 2.32. The van der Waals surface area contributed by atoms with E-state index in [0.717, 1.165) is 12.2 Å². The number of carbonyl (C=O) groups excluding carboxylic acids is 1. The zero-order chi connectivity index (χ0) is 13.2. The van der Waals surface area contributed by atoms with Crippen molar-refractivity contribution in [3.8, 4) is 0 Å². The number of aliphatic hydroxyl groups excluding tert-OH is 1. The average molecular weight is 250 g/mol. The Morgan fingerprint density at radius 2 is 2.28 bits per heavy atom. The highest BCUT2D eigenvalue weighted by molar-refractivity contribution is 5.95. The lowest BCUT2D eigenvalue weighted by atomic mass is 10.0. The first kappa shape index (κ1) is 12.9. The zero-order valence-electron chi connectivity index (χ0n) is 10.4. The lowest BCUT2D eigenvalue weighted by Gasteiger charge is -2.24. The molecular weight excluding hydrogens is 232 g/mol. The fraction of sp³-hybridized carbons (Fsp3) is 0.462. The monoisotopic (exact) mass is 250 g/mol. The van der Waals surface area contributed by atoms with Gasteiger partial charge in [0.25, 0.3) is 0 Å². The van der Waals surface area contributed by atoms with Gasteiger partial charge in [0.1, 0.15) is 0 Å². The third-order valence-corrected chi connectivity index (χ3v) is 3.35. The Kier molecular flexibility index (Phi) is 3.54. The zero-order valence-corrected chi connectivity index (χ0v) is 10.4. The number of para-hydroxylation sites is 1. The molecule has 0 saturated carbocycles. The smallest absolute Gasteiger partial charge is 0.339 e. The van der Waals surface area contributed by atoms with Gasteiger partial charge in [-0.15, -0.1) is 0 Å². The number of methoxy groups -OCH3 is 1. The first-order valence-electron chi connectivity index (χ1n) is 5.92. The second-order valence-corrected chi connectivity index (χ2v) is 4.70. The normalized spacial score (nSPS) is 23.2. The van der Waals surface area contributed by atoms with Crippen LogP contribution in [-0.4, -0.2) is 43.4 Å². The molecule has 2 rings (SSSR count). The van der Waals surface area contributed by atoms with E-state index in [1.54, 1.807) is 12.1 Å². The molecule has 5 heteroatoms. The lowest BCUT2D eigenvalue weighted by molar-refractivity contribution is 0.0601. The quantitative estimate of drug-likeness (QED) is 0.758. The maximum atomic E-state index is 11.7. The van der Waals surface area contributed by atoms with E-state index in [1.807, 2.05) is 17.0 Å². The van der Waals surface area contributed by atoms with Crippen LogP contribution in [0.1, 0.15) is 16.8 Å². The topological polar surface area (TPSA) is 75.8 Å². The van der Waals surface area contributed by atoms with Gasteiger partial charge in [-0.25, -0.2) is 4.79 Å². The van der Waals surface area contributed by atoms with E-state index in [9.17, 15) is 9.90 Å². The summed E-state index contributed by atoms with van der Waals surface area (Å²) in [5.41, 5.74) is 6.80. The van der Waals surface area contributed by atoms with Crippen molar-refractivity contribution in [1.82, 2.24) is 0 Å². The van der Waals surface area contributed by atoms with Gasteiger partial charge in [-0.3, -0.25) is 0 Å². The molecule has 0 radical (unpaired) electrons. The van der Waals surface area contributed by atoms with Gasteiger partial charge in [-0.2, -0.15) is 0 Å². The molecule has 0 aromatic heterocycles. The van der Waals surface area contributed by atoms with Crippen LogP contribution < -0.4 is 10.6 Å². The molecule has 0 aliphatic carbocycles. The molecule has 5 nitrogen and oxygen atoms in total. The Labute approximate surface area is 106 Å². The molecule has 3 N–H and O–H groups in total. The maximum Gasteiger partial charge on any atom is 0.339 e. The van der Waals surface area contributed by atoms with Gasteiger partial charge in [0.2, 0.25) is 0 Å². The number of nitrogens with zero attached hydrogens (tertiary/aromatic N) is 1. The third-order valence-electron chi connectivity index (χ3n) is 3.35. The Bertz CT molecular complexity index is 450. The highest BCUT2D eigenvalue weighted by atomic mass is 16.5. The summed E-state index contributed by atoms with van der Waals surface area (Å²) in [4.78, 5) is 13.7. The van der Waals surface area contributed by atoms with Crippen molar-refractivity contribution in [3.05, 3.63) is 29.8 Å². The maximum absolute atomic E-state index is 11.7. The predicted molar refractivity (Wildman–Crippen MR) is 68.6 cm³/mol. The van der Waals surface area contributed by atoms with Crippen LogP contribution >= 0.6 is 0 Å². The number of hydrogen-bond donors (Lipinski definition) is 2. The highest BCUT2D eigenvalue weighted by Crippen LogP contribution is 2.28. The van der Waals surface area contributed by atoms with Gasteiger partial charge < -0.3 is 20.5 Å². The van der Waals surface area contributed by atoms with Crippen LogP contribution in [0.15, 0.2) is 24.3 Å². The minimum atomic E-state index is -0.580. The van der Waals surface area contributed by atoms with Gasteiger partial charge in [0.15, 0.2) is 0 Å². The van der Waals surface area contributed by atoms with Crippen LogP contribution in [0.25, 0.3) is 0 Å². The summed E-state index contributed by atoms with van der Waals surface area (Å²) in [5, 5.41) is 9.27. The van der Waals surface area contributed by atoms with E-state index in [-0.39, 0.29) is 12.6 Å². The number of rotatable bonds is 3. The number of hydrogen-bond acceptors (Lipinski definition) is 5. The molecule has 1 fully saturated rings. The number of benzene rings is 1. The molecule has 1 atom stereocenters. The van der Waals surface area contributed by atoms with E-state index >= 15 is 0 Å². The van der Waals surface area contributed by atoms with Crippen molar-refractivity contribution in [3.63, 3.8) is 0 Å². The van der Waals surface area contributed by atoms with Gasteiger partial charge >= 0.3 is 5.97 Å². The summed E-state index contributed by atoms with van der Waals surface area (Å²) in [5.74, 6) is -0.357. The van der Waals surface area contributed by atoms with E-state index in [4.69, 9.17) is 10.5 Å². The Hall–Kier alpha value is -1.59. The SMILES string of the molecule is COC(=O)c1ccccc1N1CCC(N)(CO)C1. The minimum absolute atomic E-state index is 0.0517. The van der Waals surface area contributed by atoms with Crippen LogP contribution in [0.4, 0.5) is 5.69 Å². The molecule has 1 unspecified atom stereocenters. The molecule has 0 bridgehead atoms. The van der Waals surface area contributed by atoms with Crippen molar-refractivity contribution >= 4 is 11.7 Å². The largest absolute Gasteiger partial charge is 0.465 e. The van der Waals surface area contributed by atoms with Crippen LogP contribution in [0, 0.1) is 0 Å². The van der Waals surface area contributed by atoms with Gasteiger partial charge in [0.05, 0.1) is 30.5 Å². The van der Waals surface area contributed by atoms with Crippen LogP contribution in [0.2, 0.25) is 0 Å². The number of aliphatic hydroxyl groups is 1. The summed E-state index contributed by atoms with van der Waals surface area (Å²) < 4.78 is 4.77. The summed E-state index contributed by atoms with van der Waals surface area (Å²) in [6.07, 6.45) is 0.707. The van der Waals surface area contributed by atoms with Crippen molar-refractivity contribution < 1.29 is 14.6 Å². The summed E-state index contributed by atoms with van der Waals surface area (Å²) in [7, 11) is 1.37. The predicted octanol–water partition coefficient (Wildman–Crippen LogP) is 0.373. The first-order valence-corrected chi connectivity index (χ1v) is 5.92. The number of carbonyl (C=O) groups is 1. The second kappa shape index (κ2) is 4.96. The lowest BCUT2D eigenvalue weighted by Crippen LogP contribution is -2.46. The fourth-order valence-electron chi connectivity index (χ4n) is 2.26. The van der Waals surface area contributed by atoms with Gasteiger partial charge in [-0.1, -0.05) is 12.1 Å². The van der Waals surface area contributed by atoms with Crippen molar-refractivity contribution in [2.24, 2.45) is 5.73 Å². The molecule has 1 heterocycles. The summed E-state index contributed by atoms with van der Waals surface area (Å²) in [6.45, 7) is 1.21. The Balaban J connectivity index is 2.27. The molecule has 1 aliphatic rings. The minimum Gasteiger partial charge on any atom is -0.465 e. The molecule has 0 spiro atoms. The fourth-order valence-corrected chi connectivity index (χ4v) is 2.26. The average Bonchev–Trinajstić information content (AvgIpc) is 2.81. The number of nitrogens with two attached hydrogens (primary N) is 1. The second-order valence-electron chi connectivity index (χ2n) is 4.70. The van der Waals surface area contributed by atoms with E-state index in [0.29, 0.717) is 18.5 Å². The molecule has 1 saturated heterocycles. The molecule has 1 aromatic rings. The highest BCUT2D eigenvalue weighted by Gasteiger charge is 2.35. The van der Waals surface area contributed by atoms with Gasteiger partial charge in [-0.05, 0) is 18.6 Å². The van der Waals surface area contributed by atoms with Crippen LogP contribution in [0.5, 0.6) is 0 Å². The number of esters is 1. The van der Waals surface area contributed by atoms with E-state index < -0.39 is 5.54 Å². The first-order chi connectivity index (χ1) is 8.59. The van der Waals surface area contributed by atoms with Crippen LogP contribution in [-0.2, 0) is 4.74 Å². The summed E-state index contributed by atoms with van der Waals surface area (Å²) >= 11 is 0. The van der Waals surface area contributed by atoms with Gasteiger partial charge in [0, 0.05) is 13.1 Å². The number of ether oxygens (including phenoxy) is 1. The van der Waals surface area contributed by atoms with Crippen molar-refractivity contribution in [1.29, 1.82) is 0 Å². The van der Waals surface area contributed by atoms with Crippen molar-refractivity contribution in [2.75, 3.05) is 31.7 Å². The molecule has 1 aliphatic heterocycles. The molecule has 1 aromatic carbocycles. The van der Waals surface area contributed by atoms with E-state index in [2.05, 4.69) is 0 Å². The molecule has 0 amide bonds. The summed E-state index contributed by atoms with van der Waals surface area (Å²) in [6, 6.07) is 7.27. The molecular formula is C13H18N2O3.